The minimum absolute atomic E-state index is 0.501. The Morgan fingerprint density at radius 1 is 1.20 bits per heavy atom. The highest BCUT2D eigenvalue weighted by Crippen LogP contribution is 2.12. The molecule has 15 heavy (non-hydrogen) atoms. The van der Waals surface area contributed by atoms with Gasteiger partial charge in [0.25, 0.3) is 0 Å². The Morgan fingerprint density at radius 3 is 2.20 bits per heavy atom. The van der Waals surface area contributed by atoms with E-state index < -0.39 is 0 Å². The zero-order valence-electron chi connectivity index (χ0n) is 11.1. The third kappa shape index (κ3) is 7.57. The van der Waals surface area contributed by atoms with Gasteiger partial charge in [-0.25, -0.2) is 0 Å². The van der Waals surface area contributed by atoms with Crippen molar-refractivity contribution in [2.45, 2.75) is 40.7 Å². The van der Waals surface area contributed by atoms with Crippen molar-refractivity contribution in [3.05, 3.63) is 11.6 Å². The van der Waals surface area contributed by atoms with E-state index >= 15 is 0 Å². The van der Waals surface area contributed by atoms with Crippen molar-refractivity contribution < 1.29 is 4.74 Å². The Hall–Kier alpha value is -0.340. The molecule has 1 N–H and O–H groups in total. The maximum atomic E-state index is 5.14. The van der Waals surface area contributed by atoms with Crippen molar-refractivity contribution in [2.24, 2.45) is 11.8 Å². The van der Waals surface area contributed by atoms with E-state index in [4.69, 9.17) is 4.74 Å². The van der Waals surface area contributed by atoms with E-state index in [0.29, 0.717) is 17.9 Å². The van der Waals surface area contributed by atoms with Gasteiger partial charge in [0.2, 0.25) is 0 Å². The topological polar surface area (TPSA) is 21.3 Å². The molecule has 0 heterocycles. The van der Waals surface area contributed by atoms with Gasteiger partial charge in [-0.15, -0.1) is 0 Å². The van der Waals surface area contributed by atoms with Crippen molar-refractivity contribution in [3.63, 3.8) is 0 Å². The summed E-state index contributed by atoms with van der Waals surface area (Å²) in [6.45, 7) is 12.8. The molecule has 0 aliphatic rings. The smallest absolute Gasteiger partial charge is 0.0522 e. The summed E-state index contributed by atoms with van der Waals surface area (Å²) in [5.41, 5.74) is 1.48. The molecule has 0 bridgehead atoms. The Kier molecular flexibility index (Phi) is 7.71. The van der Waals surface area contributed by atoms with E-state index in [-0.39, 0.29) is 0 Å². The predicted octanol–water partition coefficient (Wildman–Crippen LogP) is 2.85. The molecule has 2 heteroatoms. The molecule has 0 aromatic carbocycles. The second-order valence-corrected chi connectivity index (χ2v) is 4.86. The summed E-state index contributed by atoms with van der Waals surface area (Å²) in [6.07, 6.45) is 2.34. The van der Waals surface area contributed by atoms with Crippen LogP contribution in [0.5, 0.6) is 0 Å². The van der Waals surface area contributed by atoms with Gasteiger partial charge in [-0.2, -0.15) is 0 Å². The molecule has 90 valence electrons. The molecule has 0 aliphatic heterocycles. The van der Waals surface area contributed by atoms with Gasteiger partial charge in [0.05, 0.1) is 6.61 Å². The average Bonchev–Trinajstić information content (AvgIpc) is 2.11. The summed E-state index contributed by atoms with van der Waals surface area (Å²) in [6, 6.07) is 0.546. The van der Waals surface area contributed by atoms with E-state index in [1.165, 1.54) is 5.57 Å². The lowest BCUT2D eigenvalue weighted by molar-refractivity contribution is 0.175. The number of hydrogen-bond donors (Lipinski definition) is 1. The zero-order valence-corrected chi connectivity index (χ0v) is 11.1. The Labute approximate surface area is 95.1 Å². The van der Waals surface area contributed by atoms with E-state index in [0.717, 1.165) is 13.2 Å². The molecule has 0 spiro atoms. The first-order valence-electron chi connectivity index (χ1n) is 5.90. The minimum Gasteiger partial charge on any atom is -0.384 e. The number of ether oxygens (including phenoxy) is 1. The summed E-state index contributed by atoms with van der Waals surface area (Å²) in [5.74, 6) is 1.11. The maximum absolute atomic E-state index is 5.14. The van der Waals surface area contributed by atoms with Gasteiger partial charge in [0.1, 0.15) is 0 Å². The molecule has 1 unspecified atom stereocenters. The molecule has 1 atom stereocenters. The standard InChI is InChI=1S/C13H27NO/c1-10(2)13(8-14-11(3)4)7-12(5)9-15-6/h7,10-12,14H,8-9H2,1-6H3/b13-7-. The highest BCUT2D eigenvalue weighted by molar-refractivity contribution is 5.08. The van der Waals surface area contributed by atoms with Gasteiger partial charge in [-0.1, -0.05) is 46.3 Å². The quantitative estimate of drug-likeness (QED) is 0.657. The lowest BCUT2D eigenvalue weighted by Crippen LogP contribution is -2.26. The van der Waals surface area contributed by atoms with E-state index in [9.17, 15) is 0 Å². The number of hydrogen-bond acceptors (Lipinski definition) is 2. The molecular weight excluding hydrogens is 186 g/mol. The highest BCUT2D eigenvalue weighted by Gasteiger charge is 2.06. The van der Waals surface area contributed by atoms with Gasteiger partial charge in [0, 0.05) is 19.7 Å². The van der Waals surface area contributed by atoms with Crippen LogP contribution in [0.4, 0.5) is 0 Å². The first kappa shape index (κ1) is 14.7. The molecule has 0 aromatic heterocycles. The minimum atomic E-state index is 0.501. The Balaban J connectivity index is 4.24. The van der Waals surface area contributed by atoms with Gasteiger partial charge >= 0.3 is 0 Å². The molecule has 0 amide bonds. The van der Waals surface area contributed by atoms with Gasteiger partial charge in [-0.05, 0) is 11.8 Å². The molecule has 0 aromatic rings. The van der Waals surface area contributed by atoms with Crippen LogP contribution >= 0.6 is 0 Å². The summed E-state index contributed by atoms with van der Waals surface area (Å²) in [5, 5.41) is 3.47. The van der Waals surface area contributed by atoms with Crippen LogP contribution in [0.15, 0.2) is 11.6 Å². The fourth-order valence-electron chi connectivity index (χ4n) is 1.45. The van der Waals surface area contributed by atoms with Gasteiger partial charge in [0.15, 0.2) is 0 Å². The number of rotatable bonds is 7. The van der Waals surface area contributed by atoms with Crippen molar-refractivity contribution in [1.82, 2.24) is 5.32 Å². The number of nitrogens with one attached hydrogen (secondary N) is 1. The van der Waals surface area contributed by atoms with Crippen molar-refractivity contribution >= 4 is 0 Å². The zero-order chi connectivity index (χ0) is 11.8. The van der Waals surface area contributed by atoms with Crippen LogP contribution in [-0.4, -0.2) is 26.3 Å². The second kappa shape index (κ2) is 7.89. The normalized spacial score (nSPS) is 15.1. The Morgan fingerprint density at radius 2 is 1.80 bits per heavy atom. The monoisotopic (exact) mass is 213 g/mol. The fraction of sp³-hybridized carbons (Fsp3) is 0.846. The van der Waals surface area contributed by atoms with Crippen molar-refractivity contribution in [1.29, 1.82) is 0 Å². The van der Waals surface area contributed by atoms with Crippen LogP contribution < -0.4 is 5.32 Å². The van der Waals surface area contributed by atoms with Crippen LogP contribution in [0.3, 0.4) is 0 Å². The average molecular weight is 213 g/mol. The van der Waals surface area contributed by atoms with Crippen LogP contribution in [0.1, 0.15) is 34.6 Å². The third-order valence-electron chi connectivity index (χ3n) is 2.38. The highest BCUT2D eigenvalue weighted by atomic mass is 16.5. The van der Waals surface area contributed by atoms with E-state index in [2.05, 4.69) is 46.0 Å². The Bertz CT molecular complexity index is 185. The molecule has 0 fully saturated rings. The van der Waals surface area contributed by atoms with Crippen LogP contribution in [0, 0.1) is 11.8 Å². The third-order valence-corrected chi connectivity index (χ3v) is 2.38. The largest absolute Gasteiger partial charge is 0.384 e. The summed E-state index contributed by atoms with van der Waals surface area (Å²) < 4.78 is 5.14. The first-order chi connectivity index (χ1) is 6.97. The first-order valence-corrected chi connectivity index (χ1v) is 5.90. The maximum Gasteiger partial charge on any atom is 0.0522 e. The summed E-state index contributed by atoms with van der Waals surface area (Å²) >= 11 is 0. The van der Waals surface area contributed by atoms with Crippen LogP contribution in [-0.2, 0) is 4.74 Å². The van der Waals surface area contributed by atoms with Crippen LogP contribution in [0.25, 0.3) is 0 Å². The van der Waals surface area contributed by atoms with Gasteiger partial charge < -0.3 is 10.1 Å². The molecule has 0 rings (SSSR count). The molecular formula is C13H27NO. The molecule has 2 nitrogen and oxygen atoms in total. The summed E-state index contributed by atoms with van der Waals surface area (Å²) in [7, 11) is 1.76. The molecule has 0 aliphatic carbocycles. The fourth-order valence-corrected chi connectivity index (χ4v) is 1.45. The van der Waals surface area contributed by atoms with E-state index in [1.807, 2.05) is 0 Å². The van der Waals surface area contributed by atoms with E-state index in [1.54, 1.807) is 7.11 Å². The van der Waals surface area contributed by atoms with Crippen molar-refractivity contribution in [3.8, 4) is 0 Å². The van der Waals surface area contributed by atoms with Crippen LogP contribution in [0.2, 0.25) is 0 Å². The lowest BCUT2D eigenvalue weighted by atomic mass is 9.98. The summed E-state index contributed by atoms with van der Waals surface area (Å²) in [4.78, 5) is 0. The molecule has 0 saturated carbocycles. The van der Waals surface area contributed by atoms with Gasteiger partial charge in [-0.3, -0.25) is 0 Å². The second-order valence-electron chi connectivity index (χ2n) is 4.86. The molecule has 0 radical (unpaired) electrons. The number of methoxy groups -OCH3 is 1. The molecule has 0 saturated heterocycles. The van der Waals surface area contributed by atoms with Crippen molar-refractivity contribution in [2.75, 3.05) is 20.3 Å². The SMILES string of the molecule is COCC(C)/C=C(/CNC(C)C)C(C)C. The predicted molar refractivity (Wildman–Crippen MR) is 67.1 cm³/mol. The lowest BCUT2D eigenvalue weighted by Gasteiger charge is -2.17.